The standard InChI is InChI=1S/C24H20BrNO2S/c25-23-13-11-21-12-14-24(16-22(21)15-23)29(27,28)26(17-19-7-3-1-4-8-19)18-20-9-5-2-6-10-20/h1-16H,17-18H2. The molecule has 0 atom stereocenters. The van der Waals surface area contributed by atoms with Crippen LogP contribution >= 0.6 is 15.9 Å². The van der Waals surface area contributed by atoms with Crippen LogP contribution in [0.25, 0.3) is 10.8 Å². The maximum absolute atomic E-state index is 13.6. The van der Waals surface area contributed by atoms with Crippen molar-refractivity contribution in [2.75, 3.05) is 0 Å². The van der Waals surface area contributed by atoms with E-state index in [0.29, 0.717) is 18.0 Å². The van der Waals surface area contributed by atoms with Crippen LogP contribution < -0.4 is 0 Å². The lowest BCUT2D eigenvalue weighted by molar-refractivity contribution is 0.401. The Kier molecular flexibility index (Phi) is 5.81. The third kappa shape index (κ3) is 4.58. The van der Waals surface area contributed by atoms with E-state index in [9.17, 15) is 8.42 Å². The monoisotopic (exact) mass is 465 g/mol. The third-order valence-electron chi connectivity index (χ3n) is 4.82. The molecule has 0 aliphatic heterocycles. The first-order valence-corrected chi connectivity index (χ1v) is 11.5. The predicted molar refractivity (Wildman–Crippen MR) is 121 cm³/mol. The van der Waals surface area contributed by atoms with E-state index in [-0.39, 0.29) is 0 Å². The molecule has 0 radical (unpaired) electrons. The van der Waals surface area contributed by atoms with Crippen LogP contribution in [-0.4, -0.2) is 12.7 Å². The van der Waals surface area contributed by atoms with Crippen LogP contribution in [0.3, 0.4) is 0 Å². The first-order chi connectivity index (χ1) is 14.0. The fraction of sp³-hybridized carbons (Fsp3) is 0.0833. The van der Waals surface area contributed by atoms with Gasteiger partial charge in [-0.2, -0.15) is 4.31 Å². The molecule has 4 aromatic rings. The molecule has 146 valence electrons. The first kappa shape index (κ1) is 19.8. The Hall–Kier alpha value is -2.47. The van der Waals surface area contributed by atoms with Crippen molar-refractivity contribution in [2.45, 2.75) is 18.0 Å². The van der Waals surface area contributed by atoms with Crippen molar-refractivity contribution >= 4 is 36.7 Å². The molecule has 0 spiro atoms. The van der Waals surface area contributed by atoms with Gasteiger partial charge in [-0.05, 0) is 46.2 Å². The van der Waals surface area contributed by atoms with Crippen molar-refractivity contribution < 1.29 is 8.42 Å². The molecule has 29 heavy (non-hydrogen) atoms. The van der Waals surface area contributed by atoms with Gasteiger partial charge in [0.1, 0.15) is 0 Å². The highest BCUT2D eigenvalue weighted by atomic mass is 79.9. The molecular weight excluding hydrogens is 446 g/mol. The summed E-state index contributed by atoms with van der Waals surface area (Å²) < 4.78 is 29.6. The second-order valence-electron chi connectivity index (χ2n) is 6.90. The Morgan fingerprint density at radius 3 is 1.79 bits per heavy atom. The van der Waals surface area contributed by atoms with Gasteiger partial charge in [0.15, 0.2) is 0 Å². The van der Waals surface area contributed by atoms with Crippen molar-refractivity contribution in [2.24, 2.45) is 0 Å². The Morgan fingerprint density at radius 2 is 1.21 bits per heavy atom. The lowest BCUT2D eigenvalue weighted by Gasteiger charge is -2.23. The van der Waals surface area contributed by atoms with Gasteiger partial charge in [0, 0.05) is 17.6 Å². The van der Waals surface area contributed by atoms with Crippen molar-refractivity contribution in [3.05, 3.63) is 113 Å². The molecule has 0 fully saturated rings. The smallest absolute Gasteiger partial charge is 0.207 e. The molecule has 0 saturated carbocycles. The quantitative estimate of drug-likeness (QED) is 0.350. The van der Waals surface area contributed by atoms with Gasteiger partial charge in [0.05, 0.1) is 4.90 Å². The van der Waals surface area contributed by atoms with E-state index in [1.54, 1.807) is 12.1 Å². The van der Waals surface area contributed by atoms with Gasteiger partial charge < -0.3 is 0 Å². The van der Waals surface area contributed by atoms with E-state index in [1.807, 2.05) is 84.9 Å². The molecule has 3 nitrogen and oxygen atoms in total. The molecule has 0 N–H and O–H groups in total. The van der Waals surface area contributed by atoms with E-state index < -0.39 is 10.0 Å². The fourth-order valence-electron chi connectivity index (χ4n) is 3.31. The van der Waals surface area contributed by atoms with E-state index in [0.717, 1.165) is 26.4 Å². The minimum Gasteiger partial charge on any atom is -0.207 e. The molecule has 5 heteroatoms. The van der Waals surface area contributed by atoms with E-state index in [4.69, 9.17) is 0 Å². The van der Waals surface area contributed by atoms with E-state index in [2.05, 4.69) is 15.9 Å². The molecule has 0 amide bonds. The predicted octanol–water partition coefficient (Wildman–Crippen LogP) is 5.99. The molecule has 4 rings (SSSR count). The Morgan fingerprint density at radius 1 is 0.655 bits per heavy atom. The highest BCUT2D eigenvalue weighted by Gasteiger charge is 2.25. The number of fused-ring (bicyclic) bond motifs is 1. The van der Waals surface area contributed by atoms with Crippen molar-refractivity contribution in [3.63, 3.8) is 0 Å². The maximum Gasteiger partial charge on any atom is 0.243 e. The van der Waals surface area contributed by atoms with Gasteiger partial charge >= 0.3 is 0 Å². The summed E-state index contributed by atoms with van der Waals surface area (Å²) in [7, 11) is -3.68. The summed E-state index contributed by atoms with van der Waals surface area (Å²) in [5, 5.41) is 1.89. The number of rotatable bonds is 6. The lowest BCUT2D eigenvalue weighted by atomic mass is 10.1. The molecule has 0 heterocycles. The molecule has 0 unspecified atom stereocenters. The van der Waals surface area contributed by atoms with Gasteiger partial charge in [-0.1, -0.05) is 88.7 Å². The molecule has 0 bridgehead atoms. The van der Waals surface area contributed by atoms with Gasteiger partial charge in [-0.25, -0.2) is 8.42 Å². The second kappa shape index (κ2) is 8.49. The van der Waals surface area contributed by atoms with Crippen LogP contribution in [-0.2, 0) is 23.1 Å². The van der Waals surface area contributed by atoms with Crippen molar-refractivity contribution in [1.29, 1.82) is 0 Å². The van der Waals surface area contributed by atoms with Gasteiger partial charge in [-0.15, -0.1) is 0 Å². The number of halogens is 1. The zero-order chi connectivity index (χ0) is 20.3. The minimum absolute atomic E-state index is 0.301. The van der Waals surface area contributed by atoms with Crippen LogP contribution in [0.2, 0.25) is 0 Å². The highest BCUT2D eigenvalue weighted by Crippen LogP contribution is 2.26. The van der Waals surface area contributed by atoms with E-state index in [1.165, 1.54) is 4.31 Å². The number of hydrogen-bond acceptors (Lipinski definition) is 2. The number of hydrogen-bond donors (Lipinski definition) is 0. The SMILES string of the molecule is O=S(=O)(c1ccc2ccc(Br)cc2c1)N(Cc1ccccc1)Cc1ccccc1. The average Bonchev–Trinajstić information content (AvgIpc) is 2.74. The largest absolute Gasteiger partial charge is 0.243 e. The van der Waals surface area contributed by atoms with Crippen LogP contribution in [0, 0.1) is 0 Å². The minimum atomic E-state index is -3.68. The number of sulfonamides is 1. The second-order valence-corrected chi connectivity index (χ2v) is 9.75. The maximum atomic E-state index is 13.6. The van der Waals surface area contributed by atoms with E-state index >= 15 is 0 Å². The van der Waals surface area contributed by atoms with Gasteiger partial charge in [0.25, 0.3) is 0 Å². The van der Waals surface area contributed by atoms with Crippen molar-refractivity contribution in [3.8, 4) is 0 Å². The van der Waals surface area contributed by atoms with Crippen LogP contribution in [0.5, 0.6) is 0 Å². The van der Waals surface area contributed by atoms with Crippen molar-refractivity contribution in [1.82, 2.24) is 4.31 Å². The topological polar surface area (TPSA) is 37.4 Å². The summed E-state index contributed by atoms with van der Waals surface area (Å²) >= 11 is 3.47. The molecular formula is C24H20BrNO2S. The fourth-order valence-corrected chi connectivity index (χ4v) is 5.14. The normalized spacial score (nSPS) is 11.8. The van der Waals surface area contributed by atoms with Crippen LogP contribution in [0.1, 0.15) is 11.1 Å². The summed E-state index contributed by atoms with van der Waals surface area (Å²) in [6.45, 7) is 0.628. The van der Waals surface area contributed by atoms with Gasteiger partial charge in [-0.3, -0.25) is 0 Å². The molecule has 0 aromatic heterocycles. The molecule has 0 aliphatic carbocycles. The Labute approximate surface area is 179 Å². The lowest BCUT2D eigenvalue weighted by Crippen LogP contribution is -2.30. The average molecular weight is 466 g/mol. The van der Waals surface area contributed by atoms with Crippen LogP contribution in [0.15, 0.2) is 106 Å². The first-order valence-electron chi connectivity index (χ1n) is 9.30. The third-order valence-corrected chi connectivity index (χ3v) is 7.10. The van der Waals surface area contributed by atoms with Crippen LogP contribution in [0.4, 0.5) is 0 Å². The number of nitrogens with zero attached hydrogens (tertiary/aromatic N) is 1. The Bertz CT molecular complexity index is 1180. The summed E-state index contributed by atoms with van der Waals surface area (Å²) in [6, 6.07) is 30.5. The summed E-state index contributed by atoms with van der Waals surface area (Å²) in [5.41, 5.74) is 1.91. The number of benzene rings is 4. The zero-order valence-corrected chi connectivity index (χ0v) is 18.1. The molecule has 0 aliphatic rings. The molecule has 4 aromatic carbocycles. The highest BCUT2D eigenvalue weighted by molar-refractivity contribution is 9.10. The summed E-state index contributed by atoms with van der Waals surface area (Å²) in [5.74, 6) is 0. The zero-order valence-electron chi connectivity index (χ0n) is 15.7. The summed E-state index contributed by atoms with van der Waals surface area (Å²) in [4.78, 5) is 0.301. The molecule has 0 saturated heterocycles. The Balaban J connectivity index is 1.75. The summed E-state index contributed by atoms with van der Waals surface area (Å²) in [6.07, 6.45) is 0. The van der Waals surface area contributed by atoms with Gasteiger partial charge in [0.2, 0.25) is 10.0 Å².